The molecule has 0 spiro atoms. The van der Waals surface area contributed by atoms with Gasteiger partial charge in [-0.15, -0.1) is 0 Å². The molecule has 2 aromatic carbocycles. The number of rotatable bonds is 4. The lowest BCUT2D eigenvalue weighted by Gasteiger charge is -2.24. The van der Waals surface area contributed by atoms with Crippen molar-refractivity contribution in [1.29, 1.82) is 0 Å². The van der Waals surface area contributed by atoms with Crippen molar-refractivity contribution in [1.82, 2.24) is 5.32 Å². The van der Waals surface area contributed by atoms with Gasteiger partial charge in [-0.25, -0.2) is 4.39 Å². The second-order valence-corrected chi connectivity index (χ2v) is 5.33. The van der Waals surface area contributed by atoms with Crippen LogP contribution in [-0.4, -0.2) is 5.91 Å². The van der Waals surface area contributed by atoms with Crippen LogP contribution in [0.4, 0.5) is 4.39 Å². The van der Waals surface area contributed by atoms with E-state index in [1.165, 1.54) is 6.07 Å². The van der Waals surface area contributed by atoms with Gasteiger partial charge in [-0.05, 0) is 36.6 Å². The van der Waals surface area contributed by atoms with E-state index in [0.717, 1.165) is 5.56 Å². The monoisotopic (exact) mass is 286 g/mol. The largest absolute Gasteiger partial charge is 0.350 e. The predicted octanol–water partition coefficient (Wildman–Crippen LogP) is 2.62. The van der Waals surface area contributed by atoms with Crippen molar-refractivity contribution in [3.05, 3.63) is 71.0 Å². The van der Waals surface area contributed by atoms with Gasteiger partial charge in [-0.2, -0.15) is 0 Å². The van der Waals surface area contributed by atoms with Crippen LogP contribution < -0.4 is 11.1 Å². The van der Waals surface area contributed by atoms with Gasteiger partial charge in [0.25, 0.3) is 0 Å². The molecule has 0 bridgehead atoms. The van der Waals surface area contributed by atoms with Crippen molar-refractivity contribution in [2.24, 2.45) is 5.73 Å². The molecule has 0 fully saturated rings. The summed E-state index contributed by atoms with van der Waals surface area (Å²) in [5.41, 5.74) is 7.01. The number of carbonyl (C=O) groups is 1. The first-order valence-electron chi connectivity index (χ1n) is 6.79. The highest BCUT2D eigenvalue weighted by molar-refractivity contribution is 5.86. The van der Waals surface area contributed by atoms with Crippen molar-refractivity contribution >= 4 is 5.91 Å². The molecule has 2 rings (SSSR count). The van der Waals surface area contributed by atoms with E-state index in [9.17, 15) is 9.18 Å². The van der Waals surface area contributed by atoms with E-state index in [0.29, 0.717) is 11.1 Å². The molecule has 4 heteroatoms. The molecule has 3 N–H and O–H groups in total. The van der Waals surface area contributed by atoms with Crippen LogP contribution in [0.1, 0.15) is 23.6 Å². The highest BCUT2D eigenvalue weighted by atomic mass is 19.1. The molecule has 0 heterocycles. The second kappa shape index (κ2) is 6.06. The Morgan fingerprint density at radius 1 is 1.24 bits per heavy atom. The van der Waals surface area contributed by atoms with E-state index < -0.39 is 5.54 Å². The number of aryl methyl sites for hydroxylation is 1. The first kappa shape index (κ1) is 15.2. The Hall–Kier alpha value is -2.20. The van der Waals surface area contributed by atoms with Crippen LogP contribution in [0, 0.1) is 12.7 Å². The summed E-state index contributed by atoms with van der Waals surface area (Å²) in [5, 5.41) is 2.75. The summed E-state index contributed by atoms with van der Waals surface area (Å²) in [6.07, 6.45) is 0. The summed E-state index contributed by atoms with van der Waals surface area (Å²) in [4.78, 5) is 12.3. The third kappa shape index (κ3) is 3.47. The van der Waals surface area contributed by atoms with Crippen LogP contribution in [0.3, 0.4) is 0 Å². The Morgan fingerprint density at radius 3 is 2.52 bits per heavy atom. The number of hydrogen-bond donors (Lipinski definition) is 2. The molecular weight excluding hydrogens is 267 g/mol. The number of nitrogens with one attached hydrogen (secondary N) is 1. The fourth-order valence-electron chi connectivity index (χ4n) is 2.03. The van der Waals surface area contributed by atoms with Crippen LogP contribution in [0.2, 0.25) is 0 Å². The Balaban J connectivity index is 2.06. The van der Waals surface area contributed by atoms with Crippen LogP contribution in [0.15, 0.2) is 48.5 Å². The van der Waals surface area contributed by atoms with E-state index in [1.807, 2.05) is 30.3 Å². The average molecular weight is 286 g/mol. The number of amides is 1. The van der Waals surface area contributed by atoms with Crippen molar-refractivity contribution in [2.75, 3.05) is 0 Å². The minimum Gasteiger partial charge on any atom is -0.350 e. The van der Waals surface area contributed by atoms with E-state index in [2.05, 4.69) is 5.32 Å². The van der Waals surface area contributed by atoms with Gasteiger partial charge < -0.3 is 11.1 Å². The molecular formula is C17H19FN2O. The minimum absolute atomic E-state index is 0.246. The molecule has 0 aliphatic heterocycles. The van der Waals surface area contributed by atoms with Gasteiger partial charge in [-0.3, -0.25) is 4.79 Å². The number of hydrogen-bond acceptors (Lipinski definition) is 2. The fourth-order valence-corrected chi connectivity index (χ4v) is 2.03. The number of carbonyl (C=O) groups excluding carboxylic acids is 1. The van der Waals surface area contributed by atoms with Gasteiger partial charge in [-0.1, -0.05) is 42.5 Å². The third-order valence-corrected chi connectivity index (χ3v) is 3.53. The maximum Gasteiger partial charge on any atom is 0.244 e. The molecule has 0 saturated carbocycles. The van der Waals surface area contributed by atoms with Gasteiger partial charge in [0.05, 0.1) is 0 Å². The molecule has 0 aromatic heterocycles. The van der Waals surface area contributed by atoms with E-state index >= 15 is 0 Å². The lowest BCUT2D eigenvalue weighted by atomic mass is 9.92. The Kier molecular flexibility index (Phi) is 4.38. The summed E-state index contributed by atoms with van der Waals surface area (Å²) in [6.45, 7) is 3.60. The number of nitrogens with two attached hydrogens (primary N) is 1. The molecule has 3 nitrogen and oxygen atoms in total. The molecule has 0 saturated heterocycles. The zero-order chi connectivity index (χ0) is 15.5. The zero-order valence-electron chi connectivity index (χ0n) is 12.2. The van der Waals surface area contributed by atoms with E-state index in [-0.39, 0.29) is 18.3 Å². The number of benzene rings is 2. The van der Waals surface area contributed by atoms with Crippen LogP contribution in [0.5, 0.6) is 0 Å². The number of halogens is 1. The molecule has 21 heavy (non-hydrogen) atoms. The first-order valence-corrected chi connectivity index (χ1v) is 6.79. The van der Waals surface area contributed by atoms with Gasteiger partial charge in [0.1, 0.15) is 11.4 Å². The molecule has 110 valence electrons. The smallest absolute Gasteiger partial charge is 0.244 e. The zero-order valence-corrected chi connectivity index (χ0v) is 12.2. The first-order chi connectivity index (χ1) is 9.91. The van der Waals surface area contributed by atoms with Crippen molar-refractivity contribution in [3.8, 4) is 0 Å². The minimum atomic E-state index is -1.12. The van der Waals surface area contributed by atoms with Gasteiger partial charge in [0.2, 0.25) is 5.91 Å². The standard InChI is InChI=1S/C17H19FN2O/c1-12-8-9-13(10-15(12)18)11-20-16(21)17(2,19)14-6-4-3-5-7-14/h3-10H,11,19H2,1-2H3,(H,20,21). The molecule has 0 aliphatic carbocycles. The Bertz CT molecular complexity index is 638. The summed E-state index contributed by atoms with van der Waals surface area (Å²) in [6, 6.07) is 14.1. The summed E-state index contributed by atoms with van der Waals surface area (Å²) in [5.74, 6) is -0.574. The molecule has 1 atom stereocenters. The Labute approximate surface area is 124 Å². The second-order valence-electron chi connectivity index (χ2n) is 5.33. The fraction of sp³-hybridized carbons (Fsp3) is 0.235. The third-order valence-electron chi connectivity index (χ3n) is 3.53. The maximum absolute atomic E-state index is 13.5. The van der Waals surface area contributed by atoms with Crippen molar-refractivity contribution in [3.63, 3.8) is 0 Å². The van der Waals surface area contributed by atoms with Crippen LogP contribution >= 0.6 is 0 Å². The molecule has 1 amide bonds. The van der Waals surface area contributed by atoms with Crippen molar-refractivity contribution < 1.29 is 9.18 Å². The topological polar surface area (TPSA) is 55.1 Å². The summed E-state index contributed by atoms with van der Waals surface area (Å²) >= 11 is 0. The molecule has 1 unspecified atom stereocenters. The highest BCUT2D eigenvalue weighted by Gasteiger charge is 2.29. The maximum atomic E-state index is 13.5. The molecule has 0 radical (unpaired) electrons. The summed E-state index contributed by atoms with van der Waals surface area (Å²) in [7, 11) is 0. The molecule has 0 aliphatic rings. The lowest BCUT2D eigenvalue weighted by molar-refractivity contribution is -0.126. The highest BCUT2D eigenvalue weighted by Crippen LogP contribution is 2.17. The van der Waals surface area contributed by atoms with E-state index in [1.54, 1.807) is 26.0 Å². The SMILES string of the molecule is Cc1ccc(CNC(=O)C(C)(N)c2ccccc2)cc1F. The quantitative estimate of drug-likeness (QED) is 0.907. The normalized spacial score (nSPS) is 13.5. The lowest BCUT2D eigenvalue weighted by Crippen LogP contribution is -2.48. The van der Waals surface area contributed by atoms with Crippen LogP contribution in [-0.2, 0) is 16.9 Å². The van der Waals surface area contributed by atoms with E-state index in [4.69, 9.17) is 5.73 Å². The van der Waals surface area contributed by atoms with Gasteiger partial charge in [0, 0.05) is 6.54 Å². The van der Waals surface area contributed by atoms with Gasteiger partial charge in [0.15, 0.2) is 0 Å². The Morgan fingerprint density at radius 2 is 1.90 bits per heavy atom. The van der Waals surface area contributed by atoms with Crippen molar-refractivity contribution in [2.45, 2.75) is 25.9 Å². The van der Waals surface area contributed by atoms with Gasteiger partial charge >= 0.3 is 0 Å². The summed E-state index contributed by atoms with van der Waals surface area (Å²) < 4.78 is 13.5. The average Bonchev–Trinajstić information content (AvgIpc) is 2.49. The van der Waals surface area contributed by atoms with Crippen LogP contribution in [0.25, 0.3) is 0 Å². The molecule has 2 aromatic rings. The predicted molar refractivity (Wildman–Crippen MR) is 81.0 cm³/mol.